The summed E-state index contributed by atoms with van der Waals surface area (Å²) in [6.45, 7) is 2.19. The Kier molecular flexibility index (Phi) is 5.59. The van der Waals surface area contributed by atoms with Gasteiger partial charge in [0.1, 0.15) is 34.9 Å². The molecule has 1 aromatic carbocycles. The van der Waals surface area contributed by atoms with Crippen molar-refractivity contribution in [3.8, 4) is 23.4 Å². The second kappa shape index (κ2) is 8.50. The maximum absolute atomic E-state index is 14.0. The van der Waals surface area contributed by atoms with E-state index in [9.17, 15) is 9.18 Å². The minimum Gasteiger partial charge on any atom is -0.346 e. The van der Waals surface area contributed by atoms with Gasteiger partial charge < -0.3 is 9.72 Å². The van der Waals surface area contributed by atoms with Crippen molar-refractivity contribution in [2.45, 2.75) is 19.5 Å². The van der Waals surface area contributed by atoms with Gasteiger partial charge in [0, 0.05) is 30.2 Å². The minimum absolute atomic E-state index is 0.0204. The topological polar surface area (TPSA) is 112 Å². The average molecular weight is 448 g/mol. The fourth-order valence-corrected chi connectivity index (χ4v) is 3.49. The van der Waals surface area contributed by atoms with Crippen molar-refractivity contribution < 1.29 is 9.18 Å². The monoisotopic (exact) mass is 447 g/mol. The molecular formula is C22H15ClFN7O. The molecule has 0 aliphatic carbocycles. The number of nitriles is 2. The number of carbonyl (C=O) groups excluding carboxylic acids is 1. The van der Waals surface area contributed by atoms with Gasteiger partial charge in [-0.05, 0) is 37.3 Å². The molecule has 3 heterocycles. The molecule has 0 fully saturated rings. The van der Waals surface area contributed by atoms with Crippen LogP contribution in [-0.4, -0.2) is 31.1 Å². The summed E-state index contributed by atoms with van der Waals surface area (Å²) in [7, 11) is 0. The molecule has 158 valence electrons. The molecule has 8 nitrogen and oxygen atoms in total. The maximum atomic E-state index is 14.0. The van der Waals surface area contributed by atoms with E-state index in [1.54, 1.807) is 51.9 Å². The number of benzene rings is 1. The summed E-state index contributed by atoms with van der Waals surface area (Å²) in [6, 6.07) is 11.2. The van der Waals surface area contributed by atoms with Gasteiger partial charge in [0.25, 0.3) is 5.91 Å². The lowest BCUT2D eigenvalue weighted by molar-refractivity contribution is 0.0931. The third-order valence-electron chi connectivity index (χ3n) is 4.74. The molecule has 4 aromatic rings. The van der Waals surface area contributed by atoms with Crippen LogP contribution < -0.4 is 5.32 Å². The number of aromatic nitrogens is 4. The molecule has 1 N–H and O–H groups in total. The van der Waals surface area contributed by atoms with E-state index in [1.807, 2.05) is 13.0 Å². The molecule has 0 bridgehead atoms. The first kappa shape index (κ1) is 21.0. The molecule has 10 heteroatoms. The van der Waals surface area contributed by atoms with Crippen LogP contribution in [0.1, 0.15) is 28.5 Å². The Labute approximate surface area is 187 Å². The Hall–Kier alpha value is -4.21. The smallest absolute Gasteiger partial charge is 0.271 e. The second-order valence-corrected chi connectivity index (χ2v) is 7.55. The van der Waals surface area contributed by atoms with Crippen LogP contribution in [0.2, 0.25) is 5.02 Å². The van der Waals surface area contributed by atoms with E-state index in [4.69, 9.17) is 22.1 Å². The van der Waals surface area contributed by atoms with Crippen LogP contribution in [0.15, 0.2) is 48.9 Å². The lowest BCUT2D eigenvalue weighted by atomic mass is 10.1. The largest absolute Gasteiger partial charge is 0.346 e. The first-order chi connectivity index (χ1) is 15.4. The van der Waals surface area contributed by atoms with E-state index < -0.39 is 5.82 Å². The van der Waals surface area contributed by atoms with Crippen LogP contribution in [0.3, 0.4) is 0 Å². The highest BCUT2D eigenvalue weighted by molar-refractivity contribution is 6.32. The molecule has 0 saturated carbocycles. The Balaban J connectivity index is 1.44. The first-order valence-corrected chi connectivity index (χ1v) is 9.88. The highest BCUT2D eigenvalue weighted by atomic mass is 35.5. The number of carbonyl (C=O) groups is 1. The summed E-state index contributed by atoms with van der Waals surface area (Å²) in [5, 5.41) is 25.2. The molecule has 0 radical (unpaired) electrons. The molecule has 1 amide bonds. The van der Waals surface area contributed by atoms with Crippen molar-refractivity contribution in [1.29, 1.82) is 10.5 Å². The predicted molar refractivity (Wildman–Crippen MR) is 114 cm³/mol. The van der Waals surface area contributed by atoms with Crippen LogP contribution in [-0.2, 0) is 6.54 Å². The van der Waals surface area contributed by atoms with Crippen molar-refractivity contribution in [2.24, 2.45) is 0 Å². The molecular weight excluding hydrogens is 433 g/mol. The fraction of sp³-hybridized carbons (Fsp3) is 0.136. The number of rotatable bonds is 5. The standard InChI is InChI=1S/C22H15ClFN7O/c1-13(27-22(32)20-12-30-11-14(8-25)2-3-21(30)28-20)10-31-5-4-19(29-31)15-6-17(23)16(9-26)18(24)7-15/h2-7,11-13H,10H2,1H3,(H,27,32)/t13-/m0/s1. The quantitative estimate of drug-likeness (QED) is 0.502. The molecule has 0 aliphatic heterocycles. The normalized spacial score (nSPS) is 11.7. The van der Waals surface area contributed by atoms with E-state index >= 15 is 0 Å². The van der Waals surface area contributed by atoms with Crippen molar-refractivity contribution >= 4 is 23.2 Å². The number of hydrogen-bond donors (Lipinski definition) is 1. The summed E-state index contributed by atoms with van der Waals surface area (Å²) < 4.78 is 17.3. The van der Waals surface area contributed by atoms with Gasteiger partial charge in [0.2, 0.25) is 0 Å². The van der Waals surface area contributed by atoms with E-state index in [2.05, 4.69) is 15.4 Å². The Morgan fingerprint density at radius 1 is 1.25 bits per heavy atom. The zero-order chi connectivity index (χ0) is 22.8. The zero-order valence-corrected chi connectivity index (χ0v) is 17.5. The Morgan fingerprint density at radius 2 is 2.06 bits per heavy atom. The van der Waals surface area contributed by atoms with Crippen LogP contribution in [0, 0.1) is 28.5 Å². The highest BCUT2D eigenvalue weighted by Gasteiger charge is 2.16. The fourth-order valence-electron chi connectivity index (χ4n) is 3.24. The number of nitrogens with zero attached hydrogens (tertiary/aromatic N) is 6. The zero-order valence-electron chi connectivity index (χ0n) is 16.8. The number of amides is 1. The molecule has 32 heavy (non-hydrogen) atoms. The number of imidazole rings is 1. The van der Waals surface area contributed by atoms with Gasteiger partial charge in [-0.25, -0.2) is 9.37 Å². The molecule has 0 aliphatic rings. The van der Waals surface area contributed by atoms with Gasteiger partial charge in [-0.2, -0.15) is 15.6 Å². The molecule has 0 unspecified atom stereocenters. The Bertz CT molecular complexity index is 1400. The lowest BCUT2D eigenvalue weighted by Crippen LogP contribution is -2.36. The molecule has 1 atom stereocenters. The number of fused-ring (bicyclic) bond motifs is 1. The van der Waals surface area contributed by atoms with Crippen LogP contribution in [0.4, 0.5) is 4.39 Å². The average Bonchev–Trinajstić information content (AvgIpc) is 3.39. The van der Waals surface area contributed by atoms with Crippen molar-refractivity contribution in [1.82, 2.24) is 24.5 Å². The number of pyridine rings is 1. The van der Waals surface area contributed by atoms with Crippen molar-refractivity contribution in [3.63, 3.8) is 0 Å². The van der Waals surface area contributed by atoms with E-state index in [1.165, 1.54) is 12.1 Å². The molecule has 0 spiro atoms. The van der Waals surface area contributed by atoms with Gasteiger partial charge >= 0.3 is 0 Å². The number of halogens is 2. The first-order valence-electron chi connectivity index (χ1n) is 9.50. The summed E-state index contributed by atoms with van der Waals surface area (Å²) >= 11 is 5.97. The van der Waals surface area contributed by atoms with Gasteiger partial charge in [0.15, 0.2) is 0 Å². The van der Waals surface area contributed by atoms with E-state index in [0.717, 1.165) is 0 Å². The number of hydrogen-bond acceptors (Lipinski definition) is 5. The summed E-state index contributed by atoms with van der Waals surface area (Å²) in [5.74, 6) is -1.06. The summed E-state index contributed by atoms with van der Waals surface area (Å²) in [6.07, 6.45) is 4.87. The van der Waals surface area contributed by atoms with Gasteiger partial charge in [-0.1, -0.05) is 11.6 Å². The third-order valence-corrected chi connectivity index (χ3v) is 5.04. The predicted octanol–water partition coefficient (Wildman–Crippen LogP) is 3.55. The number of nitrogens with one attached hydrogen (secondary N) is 1. The van der Waals surface area contributed by atoms with E-state index in [-0.39, 0.29) is 28.2 Å². The van der Waals surface area contributed by atoms with Crippen LogP contribution in [0.5, 0.6) is 0 Å². The van der Waals surface area contributed by atoms with Crippen molar-refractivity contribution in [2.75, 3.05) is 0 Å². The van der Waals surface area contributed by atoms with Gasteiger partial charge in [-0.3, -0.25) is 9.48 Å². The SMILES string of the molecule is C[C@@H](Cn1ccc(-c2cc(F)c(C#N)c(Cl)c2)n1)NC(=O)c1cn2cc(C#N)ccc2n1. The molecule has 0 saturated heterocycles. The van der Waals surface area contributed by atoms with Crippen LogP contribution in [0.25, 0.3) is 16.9 Å². The van der Waals surface area contributed by atoms with Crippen LogP contribution >= 0.6 is 11.6 Å². The summed E-state index contributed by atoms with van der Waals surface area (Å²) in [4.78, 5) is 16.8. The lowest BCUT2D eigenvalue weighted by Gasteiger charge is -2.13. The highest BCUT2D eigenvalue weighted by Crippen LogP contribution is 2.26. The van der Waals surface area contributed by atoms with Crippen molar-refractivity contribution in [3.05, 3.63) is 76.6 Å². The Morgan fingerprint density at radius 3 is 2.78 bits per heavy atom. The van der Waals surface area contributed by atoms with E-state index in [0.29, 0.717) is 29.0 Å². The third kappa shape index (κ3) is 4.15. The summed E-state index contributed by atoms with van der Waals surface area (Å²) in [5.41, 5.74) is 1.99. The minimum atomic E-state index is -0.709. The van der Waals surface area contributed by atoms with Gasteiger partial charge in [0.05, 0.1) is 22.8 Å². The second-order valence-electron chi connectivity index (χ2n) is 7.15. The molecule has 4 rings (SSSR count). The van der Waals surface area contributed by atoms with Gasteiger partial charge in [-0.15, -0.1) is 0 Å². The molecule has 3 aromatic heterocycles. The maximum Gasteiger partial charge on any atom is 0.271 e.